The molecule has 0 spiro atoms. The Morgan fingerprint density at radius 1 is 1.25 bits per heavy atom. The van der Waals surface area contributed by atoms with Gasteiger partial charge in [0.05, 0.1) is 11.3 Å². The maximum atomic E-state index is 11.2. The van der Waals surface area contributed by atoms with Gasteiger partial charge in [-0.1, -0.05) is 0 Å². The molecule has 7 heteroatoms. The molecule has 0 aliphatic heterocycles. The van der Waals surface area contributed by atoms with Crippen molar-refractivity contribution in [3.8, 4) is 0 Å². The summed E-state index contributed by atoms with van der Waals surface area (Å²) >= 11 is 1.04. The molecule has 2 amide bonds. The maximum Gasteiger partial charge on any atom is 0.260 e. The third-order valence-corrected chi connectivity index (χ3v) is 2.99. The molecule has 1 aromatic heterocycles. The summed E-state index contributed by atoms with van der Waals surface area (Å²) in [5, 5.41) is 3.48. The lowest BCUT2D eigenvalue weighted by Crippen LogP contribution is -2.18. The number of primary amides is 2. The van der Waals surface area contributed by atoms with Gasteiger partial charge in [-0.25, -0.2) is 0 Å². The second-order valence-electron chi connectivity index (χ2n) is 3.58. The van der Waals surface area contributed by atoms with Crippen LogP contribution in [0.2, 0.25) is 0 Å². The van der Waals surface area contributed by atoms with Gasteiger partial charge in [-0.3, -0.25) is 9.59 Å². The predicted molar refractivity (Wildman–Crippen MR) is 64.5 cm³/mol. The first kappa shape index (κ1) is 12.3. The second-order valence-corrected chi connectivity index (χ2v) is 4.60. The monoisotopic (exact) mass is 242 g/mol. The predicted octanol–water partition coefficient (Wildman–Crippen LogP) is 0.348. The number of carbonyl (C=O) groups is 2. The molecule has 16 heavy (non-hydrogen) atoms. The Morgan fingerprint density at radius 3 is 2.19 bits per heavy atom. The summed E-state index contributed by atoms with van der Waals surface area (Å²) < 4.78 is 0. The van der Waals surface area contributed by atoms with Crippen molar-refractivity contribution in [3.05, 3.63) is 10.4 Å². The summed E-state index contributed by atoms with van der Waals surface area (Å²) in [6.45, 7) is 3.79. The van der Waals surface area contributed by atoms with Crippen LogP contribution in [0.3, 0.4) is 0 Å². The van der Waals surface area contributed by atoms with Crippen LogP contribution in [0, 0.1) is 0 Å². The third-order valence-electron chi connectivity index (χ3n) is 1.84. The van der Waals surface area contributed by atoms with Crippen LogP contribution in [0.1, 0.15) is 33.9 Å². The van der Waals surface area contributed by atoms with Gasteiger partial charge in [-0.2, -0.15) is 0 Å². The second kappa shape index (κ2) is 4.40. The molecule has 1 heterocycles. The zero-order valence-corrected chi connectivity index (χ0v) is 9.85. The number of nitrogen functional groups attached to an aromatic ring is 1. The lowest BCUT2D eigenvalue weighted by Gasteiger charge is -2.08. The summed E-state index contributed by atoms with van der Waals surface area (Å²) in [4.78, 5) is 22.4. The van der Waals surface area contributed by atoms with Gasteiger partial charge < -0.3 is 22.5 Å². The summed E-state index contributed by atoms with van der Waals surface area (Å²) in [6, 6.07) is 0.0943. The Kier molecular flexibility index (Phi) is 3.38. The summed E-state index contributed by atoms with van der Waals surface area (Å²) in [5.74, 6) is -1.34. The van der Waals surface area contributed by atoms with Crippen molar-refractivity contribution in [2.45, 2.75) is 19.9 Å². The average molecular weight is 242 g/mol. The lowest BCUT2D eigenvalue weighted by atomic mass is 10.2. The van der Waals surface area contributed by atoms with E-state index in [1.54, 1.807) is 0 Å². The minimum atomic E-state index is -0.676. The molecule has 0 saturated carbocycles. The fraction of sp³-hybridized carbons (Fsp3) is 0.333. The molecule has 0 bridgehead atoms. The smallest absolute Gasteiger partial charge is 0.260 e. The highest BCUT2D eigenvalue weighted by Crippen LogP contribution is 2.35. The van der Waals surface area contributed by atoms with Gasteiger partial charge in [0.2, 0.25) is 0 Å². The number of rotatable bonds is 4. The van der Waals surface area contributed by atoms with Gasteiger partial charge in [0.15, 0.2) is 0 Å². The Balaban J connectivity index is 3.31. The quantitative estimate of drug-likeness (QED) is 0.608. The lowest BCUT2D eigenvalue weighted by molar-refractivity contribution is 0.0999. The fourth-order valence-electron chi connectivity index (χ4n) is 1.24. The molecule has 0 aliphatic rings. The number of anilines is 2. The summed E-state index contributed by atoms with van der Waals surface area (Å²) in [6.07, 6.45) is 0. The van der Waals surface area contributed by atoms with Crippen molar-refractivity contribution in [1.82, 2.24) is 0 Å². The van der Waals surface area contributed by atoms with E-state index in [9.17, 15) is 9.59 Å². The maximum absolute atomic E-state index is 11.2. The van der Waals surface area contributed by atoms with E-state index in [4.69, 9.17) is 17.2 Å². The van der Waals surface area contributed by atoms with Crippen LogP contribution in [0.25, 0.3) is 0 Å². The number of nitrogens with two attached hydrogens (primary N) is 3. The highest BCUT2D eigenvalue weighted by Gasteiger charge is 2.23. The summed E-state index contributed by atoms with van der Waals surface area (Å²) in [7, 11) is 0. The molecule has 0 aliphatic carbocycles. The van der Waals surface area contributed by atoms with E-state index in [0.717, 1.165) is 11.3 Å². The van der Waals surface area contributed by atoms with Crippen LogP contribution in [0.5, 0.6) is 0 Å². The number of hydrogen-bond acceptors (Lipinski definition) is 5. The molecule has 88 valence electrons. The van der Waals surface area contributed by atoms with Crippen LogP contribution >= 0.6 is 11.3 Å². The van der Waals surface area contributed by atoms with Gasteiger partial charge in [-0.15, -0.1) is 11.3 Å². The van der Waals surface area contributed by atoms with Gasteiger partial charge in [0, 0.05) is 6.04 Å². The van der Waals surface area contributed by atoms with Crippen molar-refractivity contribution in [3.63, 3.8) is 0 Å². The van der Waals surface area contributed by atoms with Crippen molar-refractivity contribution in [2.24, 2.45) is 11.5 Å². The Bertz CT molecular complexity index is 439. The SMILES string of the molecule is CC(C)Nc1sc(C(N)=O)c(N)c1C(N)=O. The van der Waals surface area contributed by atoms with Crippen LogP contribution in [0.4, 0.5) is 10.7 Å². The van der Waals surface area contributed by atoms with E-state index in [2.05, 4.69) is 5.32 Å². The highest BCUT2D eigenvalue weighted by atomic mass is 32.1. The fourth-order valence-corrected chi connectivity index (χ4v) is 2.36. The highest BCUT2D eigenvalue weighted by molar-refractivity contribution is 7.19. The zero-order chi connectivity index (χ0) is 12.5. The van der Waals surface area contributed by atoms with Crippen LogP contribution < -0.4 is 22.5 Å². The standard InChI is InChI=1S/C9H14N4O2S/c1-3(2)13-9-4(7(11)14)5(10)6(16-9)8(12)15/h3,13H,10H2,1-2H3,(H2,11,14)(H2,12,15). The number of hydrogen-bond donors (Lipinski definition) is 4. The Morgan fingerprint density at radius 2 is 1.81 bits per heavy atom. The van der Waals surface area contributed by atoms with Crippen molar-refractivity contribution in [2.75, 3.05) is 11.1 Å². The largest absolute Gasteiger partial charge is 0.397 e. The molecule has 0 fully saturated rings. The first-order valence-corrected chi connectivity index (χ1v) is 5.44. The third kappa shape index (κ3) is 2.25. The zero-order valence-electron chi connectivity index (χ0n) is 9.03. The van der Waals surface area contributed by atoms with Gasteiger partial charge >= 0.3 is 0 Å². The number of nitrogens with one attached hydrogen (secondary N) is 1. The van der Waals surface area contributed by atoms with E-state index in [0.29, 0.717) is 5.00 Å². The Labute approximate surface area is 96.8 Å². The first-order valence-electron chi connectivity index (χ1n) is 4.63. The van der Waals surface area contributed by atoms with E-state index in [1.807, 2.05) is 13.8 Å². The minimum absolute atomic E-state index is 0.0492. The van der Waals surface area contributed by atoms with E-state index in [-0.39, 0.29) is 22.2 Å². The van der Waals surface area contributed by atoms with Crippen LogP contribution in [-0.2, 0) is 0 Å². The van der Waals surface area contributed by atoms with Crippen LogP contribution in [0.15, 0.2) is 0 Å². The molecule has 0 saturated heterocycles. The molecule has 0 radical (unpaired) electrons. The molecular weight excluding hydrogens is 228 g/mol. The van der Waals surface area contributed by atoms with Crippen molar-refractivity contribution < 1.29 is 9.59 Å². The Hall–Kier alpha value is -1.76. The normalized spacial score (nSPS) is 10.4. The molecular formula is C9H14N4O2S. The van der Waals surface area contributed by atoms with E-state index in [1.165, 1.54) is 0 Å². The summed E-state index contributed by atoms with van der Waals surface area (Å²) in [5.41, 5.74) is 16.2. The molecule has 7 N–H and O–H groups in total. The van der Waals surface area contributed by atoms with E-state index < -0.39 is 11.8 Å². The van der Waals surface area contributed by atoms with Gasteiger partial charge in [0.1, 0.15) is 9.88 Å². The number of thiophene rings is 1. The molecule has 0 aromatic carbocycles. The number of amides is 2. The topological polar surface area (TPSA) is 124 Å². The molecule has 1 aromatic rings. The first-order chi connectivity index (χ1) is 7.34. The van der Waals surface area contributed by atoms with Gasteiger partial charge in [-0.05, 0) is 13.8 Å². The molecule has 1 rings (SSSR count). The average Bonchev–Trinajstić information content (AvgIpc) is 2.41. The number of carbonyl (C=O) groups excluding carboxylic acids is 2. The van der Waals surface area contributed by atoms with Crippen molar-refractivity contribution >= 4 is 33.8 Å². The van der Waals surface area contributed by atoms with Gasteiger partial charge in [0.25, 0.3) is 11.8 Å². The molecule has 0 unspecified atom stereocenters. The van der Waals surface area contributed by atoms with Crippen LogP contribution in [-0.4, -0.2) is 17.9 Å². The van der Waals surface area contributed by atoms with E-state index >= 15 is 0 Å². The van der Waals surface area contributed by atoms with Crippen molar-refractivity contribution in [1.29, 1.82) is 0 Å². The molecule has 6 nitrogen and oxygen atoms in total. The minimum Gasteiger partial charge on any atom is -0.397 e. The molecule has 0 atom stereocenters.